The lowest BCUT2D eigenvalue weighted by atomic mass is 10.3. The van der Waals surface area contributed by atoms with Crippen molar-refractivity contribution in [2.24, 2.45) is 0 Å². The highest BCUT2D eigenvalue weighted by atomic mass is 16.5. The average molecular weight is 266 g/mol. The number of nitrogens with one attached hydrogen (secondary N) is 1. The number of quaternary nitrogens is 1. The molecule has 0 aromatic carbocycles. The van der Waals surface area contributed by atoms with E-state index in [0.29, 0.717) is 5.76 Å². The Hall–Kier alpha value is -1.59. The van der Waals surface area contributed by atoms with Gasteiger partial charge in [0.05, 0.1) is 19.5 Å². The molecule has 1 aromatic heterocycles. The molecule has 1 atom stereocenters. The lowest BCUT2D eigenvalue weighted by molar-refractivity contribution is -0.910. The van der Waals surface area contributed by atoms with Crippen LogP contribution in [0.5, 0.6) is 0 Å². The van der Waals surface area contributed by atoms with Gasteiger partial charge in [0.1, 0.15) is 31.5 Å². The minimum Gasteiger partial charge on any atom is -0.465 e. The topological polar surface area (TPSA) is 53.1 Å². The van der Waals surface area contributed by atoms with Gasteiger partial charge in [-0.15, -0.1) is 0 Å². The average Bonchev–Trinajstić information content (AvgIpc) is 2.90. The van der Waals surface area contributed by atoms with Gasteiger partial charge in [0.25, 0.3) is 0 Å². The molecule has 5 nitrogen and oxygen atoms in total. The third-order valence-corrected chi connectivity index (χ3v) is 3.02. The number of hydrogen-bond acceptors (Lipinski definition) is 4. The zero-order chi connectivity index (χ0) is 13.5. The molecule has 19 heavy (non-hydrogen) atoms. The molecule has 2 rings (SSSR count). The largest absolute Gasteiger partial charge is 0.465 e. The Morgan fingerprint density at radius 1 is 1.53 bits per heavy atom. The van der Waals surface area contributed by atoms with Crippen LogP contribution in [0.25, 0.3) is 6.08 Å². The number of hydrogen-bond donors (Lipinski definition) is 1. The second-order valence-corrected chi connectivity index (χ2v) is 4.66. The number of rotatable bonds is 5. The van der Waals surface area contributed by atoms with Gasteiger partial charge in [-0.2, -0.15) is 0 Å². The van der Waals surface area contributed by atoms with Crippen LogP contribution in [0, 0.1) is 0 Å². The number of morpholine rings is 1. The highest BCUT2D eigenvalue weighted by molar-refractivity contribution is 5.86. The van der Waals surface area contributed by atoms with Gasteiger partial charge in [0, 0.05) is 6.08 Å². The summed E-state index contributed by atoms with van der Waals surface area (Å²) < 4.78 is 15.7. The second kappa shape index (κ2) is 7.11. The van der Waals surface area contributed by atoms with Crippen molar-refractivity contribution in [2.45, 2.75) is 13.0 Å². The summed E-state index contributed by atoms with van der Waals surface area (Å²) in [5, 5.41) is 0. The summed E-state index contributed by atoms with van der Waals surface area (Å²) in [5.41, 5.74) is 0. The van der Waals surface area contributed by atoms with Crippen LogP contribution in [-0.4, -0.2) is 44.9 Å². The molecule has 1 saturated heterocycles. The number of esters is 1. The summed E-state index contributed by atoms with van der Waals surface area (Å²) in [6, 6.07) is 3.56. The Labute approximate surface area is 112 Å². The molecule has 0 saturated carbocycles. The number of furan rings is 1. The molecule has 104 valence electrons. The zero-order valence-corrected chi connectivity index (χ0v) is 11.1. The van der Waals surface area contributed by atoms with Gasteiger partial charge in [-0.1, -0.05) is 0 Å². The molecule has 0 aliphatic carbocycles. The van der Waals surface area contributed by atoms with Crippen LogP contribution in [-0.2, 0) is 14.3 Å². The molecule has 1 aliphatic rings. The standard InChI is InChI=1S/C14H19NO4/c1-12(11-15-6-9-17-10-7-15)19-14(16)5-4-13-3-2-8-18-13/h2-5,8,12H,6-7,9-11H2,1H3/p+1. The predicted molar refractivity (Wildman–Crippen MR) is 69.7 cm³/mol. The first kappa shape index (κ1) is 13.8. The normalized spacial score (nSPS) is 18.6. The first-order chi connectivity index (χ1) is 9.24. The number of carbonyl (C=O) groups is 1. The first-order valence-electron chi connectivity index (χ1n) is 6.57. The first-order valence-corrected chi connectivity index (χ1v) is 6.57. The Morgan fingerprint density at radius 2 is 2.32 bits per heavy atom. The van der Waals surface area contributed by atoms with Crippen molar-refractivity contribution in [1.82, 2.24) is 0 Å². The molecule has 0 spiro atoms. The fourth-order valence-corrected chi connectivity index (χ4v) is 2.09. The number of ether oxygens (including phenoxy) is 2. The van der Waals surface area contributed by atoms with Crippen molar-refractivity contribution in [3.63, 3.8) is 0 Å². The van der Waals surface area contributed by atoms with Gasteiger partial charge >= 0.3 is 5.97 Å². The minimum atomic E-state index is -0.337. The summed E-state index contributed by atoms with van der Waals surface area (Å²) in [7, 11) is 0. The van der Waals surface area contributed by atoms with E-state index in [1.54, 1.807) is 24.5 Å². The molecule has 1 aliphatic heterocycles. The van der Waals surface area contributed by atoms with Crippen molar-refractivity contribution in [3.8, 4) is 0 Å². The maximum atomic E-state index is 11.6. The summed E-state index contributed by atoms with van der Waals surface area (Å²) in [5.74, 6) is 0.306. The third-order valence-electron chi connectivity index (χ3n) is 3.02. The van der Waals surface area contributed by atoms with Gasteiger partial charge in [-0.3, -0.25) is 0 Å². The lowest BCUT2D eigenvalue weighted by Crippen LogP contribution is -3.15. The van der Waals surface area contributed by atoms with Crippen molar-refractivity contribution in [1.29, 1.82) is 0 Å². The quantitative estimate of drug-likeness (QED) is 0.608. The molecule has 0 amide bonds. The molecular formula is C14H20NO4+. The third kappa shape index (κ3) is 4.89. The Morgan fingerprint density at radius 3 is 3.00 bits per heavy atom. The Balaban J connectivity index is 1.72. The van der Waals surface area contributed by atoms with E-state index >= 15 is 0 Å². The molecule has 1 fully saturated rings. The predicted octanol–water partition coefficient (Wildman–Crippen LogP) is 0.140. The van der Waals surface area contributed by atoms with Crippen molar-refractivity contribution < 1.29 is 23.6 Å². The SMILES string of the molecule is CC(C[NH+]1CCOCC1)OC(=O)C=Cc1ccco1. The van der Waals surface area contributed by atoms with E-state index in [2.05, 4.69) is 0 Å². The van der Waals surface area contributed by atoms with Crippen LogP contribution in [0.1, 0.15) is 12.7 Å². The maximum absolute atomic E-state index is 11.6. The zero-order valence-electron chi connectivity index (χ0n) is 11.1. The van der Waals surface area contributed by atoms with Crippen LogP contribution in [0.4, 0.5) is 0 Å². The fourth-order valence-electron chi connectivity index (χ4n) is 2.09. The molecule has 0 radical (unpaired) electrons. The molecule has 0 bridgehead atoms. The summed E-state index contributed by atoms with van der Waals surface area (Å²) in [6.45, 7) is 6.27. The lowest BCUT2D eigenvalue weighted by Gasteiger charge is -2.25. The highest BCUT2D eigenvalue weighted by Gasteiger charge is 2.18. The Bertz CT molecular complexity index is 407. The van der Waals surface area contributed by atoms with Crippen molar-refractivity contribution in [3.05, 3.63) is 30.2 Å². The van der Waals surface area contributed by atoms with Crippen LogP contribution in [0.15, 0.2) is 28.9 Å². The van der Waals surface area contributed by atoms with Gasteiger partial charge in [-0.25, -0.2) is 4.79 Å². The summed E-state index contributed by atoms with van der Waals surface area (Å²) >= 11 is 0. The second-order valence-electron chi connectivity index (χ2n) is 4.66. The van der Waals surface area contributed by atoms with E-state index in [-0.39, 0.29) is 12.1 Å². The molecule has 1 N–H and O–H groups in total. The van der Waals surface area contributed by atoms with E-state index in [9.17, 15) is 4.79 Å². The van der Waals surface area contributed by atoms with E-state index < -0.39 is 0 Å². The van der Waals surface area contributed by atoms with E-state index in [4.69, 9.17) is 13.9 Å². The van der Waals surface area contributed by atoms with E-state index in [1.807, 2.05) is 6.92 Å². The minimum absolute atomic E-state index is 0.0955. The molecule has 2 heterocycles. The monoisotopic (exact) mass is 266 g/mol. The van der Waals surface area contributed by atoms with Crippen LogP contribution < -0.4 is 4.90 Å². The van der Waals surface area contributed by atoms with E-state index in [0.717, 1.165) is 32.8 Å². The van der Waals surface area contributed by atoms with Gasteiger partial charge < -0.3 is 18.8 Å². The van der Waals surface area contributed by atoms with Crippen molar-refractivity contribution in [2.75, 3.05) is 32.8 Å². The van der Waals surface area contributed by atoms with Gasteiger partial charge in [0.2, 0.25) is 0 Å². The molecule has 1 unspecified atom stereocenters. The van der Waals surface area contributed by atoms with Crippen molar-refractivity contribution >= 4 is 12.0 Å². The number of carbonyl (C=O) groups excluding carboxylic acids is 1. The van der Waals surface area contributed by atoms with Gasteiger partial charge in [-0.05, 0) is 25.1 Å². The Kier molecular flexibility index (Phi) is 5.18. The fraction of sp³-hybridized carbons (Fsp3) is 0.500. The van der Waals surface area contributed by atoms with Crippen LogP contribution >= 0.6 is 0 Å². The highest BCUT2D eigenvalue weighted by Crippen LogP contribution is 2.02. The summed E-state index contributed by atoms with van der Waals surface area (Å²) in [6.07, 6.45) is 4.47. The molecular weight excluding hydrogens is 246 g/mol. The van der Waals surface area contributed by atoms with E-state index in [1.165, 1.54) is 11.0 Å². The molecule has 1 aromatic rings. The van der Waals surface area contributed by atoms with Crippen LogP contribution in [0.3, 0.4) is 0 Å². The molecule has 5 heteroatoms. The summed E-state index contributed by atoms with van der Waals surface area (Å²) in [4.78, 5) is 13.0. The van der Waals surface area contributed by atoms with Crippen LogP contribution in [0.2, 0.25) is 0 Å². The van der Waals surface area contributed by atoms with Gasteiger partial charge in [0.15, 0.2) is 0 Å². The maximum Gasteiger partial charge on any atom is 0.331 e. The smallest absolute Gasteiger partial charge is 0.331 e.